The van der Waals surface area contributed by atoms with Gasteiger partial charge in [0.2, 0.25) is 17.7 Å². The molecular formula is C31H36ClN7O5. The molecule has 12 nitrogen and oxygen atoms in total. The van der Waals surface area contributed by atoms with Gasteiger partial charge < -0.3 is 19.0 Å². The molecule has 0 bridgehead atoms. The summed E-state index contributed by atoms with van der Waals surface area (Å²) in [5, 5.41) is 8.89. The number of imidazole rings is 1. The number of aromatic amines is 1. The molecule has 4 aromatic rings. The minimum absolute atomic E-state index is 0.00876. The molecule has 2 fully saturated rings. The van der Waals surface area contributed by atoms with E-state index in [2.05, 4.69) is 20.2 Å². The molecule has 13 heteroatoms. The Balaban J connectivity index is 1.06. The van der Waals surface area contributed by atoms with Crippen LogP contribution in [0.25, 0.3) is 22.6 Å². The lowest BCUT2D eigenvalue weighted by Gasteiger charge is -2.33. The summed E-state index contributed by atoms with van der Waals surface area (Å²) in [5.74, 6) is 0.650. The van der Waals surface area contributed by atoms with Gasteiger partial charge in [0, 0.05) is 49.0 Å². The van der Waals surface area contributed by atoms with E-state index in [0.29, 0.717) is 61.1 Å². The molecular weight excluding hydrogens is 586 g/mol. The van der Waals surface area contributed by atoms with E-state index in [0.717, 1.165) is 23.9 Å². The van der Waals surface area contributed by atoms with E-state index in [1.165, 1.54) is 0 Å². The Labute approximate surface area is 259 Å². The van der Waals surface area contributed by atoms with Gasteiger partial charge in [-0.3, -0.25) is 14.3 Å². The third-order valence-electron chi connectivity index (χ3n) is 8.23. The van der Waals surface area contributed by atoms with Gasteiger partial charge in [0.15, 0.2) is 5.65 Å². The number of hydrogen-bond donors (Lipinski definition) is 1. The van der Waals surface area contributed by atoms with Crippen LogP contribution >= 0.6 is 11.6 Å². The van der Waals surface area contributed by atoms with E-state index in [1.807, 2.05) is 45.0 Å². The van der Waals surface area contributed by atoms with Crippen molar-refractivity contribution in [3.8, 4) is 11.5 Å². The molecule has 0 atom stereocenters. The molecule has 2 saturated heterocycles. The van der Waals surface area contributed by atoms with Gasteiger partial charge in [-0.1, -0.05) is 11.6 Å². The highest BCUT2D eigenvalue weighted by molar-refractivity contribution is 6.30. The maximum Gasteiger partial charge on any atom is 0.410 e. The van der Waals surface area contributed by atoms with E-state index in [-0.39, 0.29) is 42.0 Å². The number of carbonyl (C=O) groups excluding carboxylic acids is 2. The number of benzene rings is 1. The smallest absolute Gasteiger partial charge is 0.410 e. The maximum atomic E-state index is 13.1. The first-order valence-corrected chi connectivity index (χ1v) is 15.4. The zero-order valence-corrected chi connectivity index (χ0v) is 25.8. The molecule has 232 valence electrons. The Kier molecular flexibility index (Phi) is 8.19. The number of carbonyl (C=O) groups is 2. The molecule has 5 heterocycles. The number of H-pyrrole nitrogens is 1. The zero-order valence-electron chi connectivity index (χ0n) is 25.1. The summed E-state index contributed by atoms with van der Waals surface area (Å²) in [6.45, 7) is 7.83. The third kappa shape index (κ3) is 6.50. The van der Waals surface area contributed by atoms with Crippen molar-refractivity contribution in [2.75, 3.05) is 26.2 Å². The van der Waals surface area contributed by atoms with Crippen LogP contribution in [-0.4, -0.2) is 78.3 Å². The molecule has 0 spiro atoms. The Bertz CT molecular complexity index is 1720. The highest BCUT2D eigenvalue weighted by Gasteiger charge is 2.29. The Morgan fingerprint density at radius 1 is 1.05 bits per heavy atom. The summed E-state index contributed by atoms with van der Waals surface area (Å²) < 4.78 is 13.2. The molecule has 0 radical (unpaired) electrons. The predicted octanol–water partition coefficient (Wildman–Crippen LogP) is 4.95. The first kappa shape index (κ1) is 29.9. The van der Waals surface area contributed by atoms with Crippen LogP contribution < -0.4 is 5.69 Å². The van der Waals surface area contributed by atoms with Crippen LogP contribution in [0.15, 0.2) is 45.7 Å². The van der Waals surface area contributed by atoms with Crippen molar-refractivity contribution in [1.29, 1.82) is 0 Å². The van der Waals surface area contributed by atoms with E-state index >= 15 is 0 Å². The van der Waals surface area contributed by atoms with Crippen LogP contribution in [-0.2, 0) is 16.0 Å². The fourth-order valence-corrected chi connectivity index (χ4v) is 6.31. The fourth-order valence-electron chi connectivity index (χ4n) is 6.07. The number of pyridine rings is 1. The lowest BCUT2D eigenvalue weighted by atomic mass is 9.88. The number of halogens is 1. The molecule has 0 aliphatic carbocycles. The summed E-state index contributed by atoms with van der Waals surface area (Å²) in [5.41, 5.74) is 2.36. The van der Waals surface area contributed by atoms with Crippen molar-refractivity contribution >= 4 is 34.8 Å². The predicted molar refractivity (Wildman–Crippen MR) is 163 cm³/mol. The van der Waals surface area contributed by atoms with Gasteiger partial charge in [-0.25, -0.2) is 14.6 Å². The lowest BCUT2D eigenvalue weighted by Crippen LogP contribution is -2.41. The number of likely N-dealkylation sites (tertiary alicyclic amines) is 2. The first-order valence-electron chi connectivity index (χ1n) is 15.0. The van der Waals surface area contributed by atoms with Gasteiger partial charge in [-0.2, -0.15) is 0 Å². The third-order valence-corrected chi connectivity index (χ3v) is 8.45. The average molecular weight is 622 g/mol. The number of aromatic nitrogens is 5. The Morgan fingerprint density at radius 3 is 2.50 bits per heavy atom. The topological polar surface area (TPSA) is 139 Å². The molecule has 1 aromatic carbocycles. The quantitative estimate of drug-likeness (QED) is 0.330. The van der Waals surface area contributed by atoms with Crippen molar-refractivity contribution in [2.45, 2.75) is 70.4 Å². The number of fused-ring (bicyclic) bond motifs is 1. The number of nitrogens with zero attached hydrogens (tertiary/aromatic N) is 6. The maximum absolute atomic E-state index is 13.1. The van der Waals surface area contributed by atoms with E-state index in [4.69, 9.17) is 20.8 Å². The Hall–Kier alpha value is -4.19. The van der Waals surface area contributed by atoms with Crippen molar-refractivity contribution in [2.24, 2.45) is 0 Å². The minimum Gasteiger partial charge on any atom is -0.444 e. The van der Waals surface area contributed by atoms with Crippen LogP contribution in [0.4, 0.5) is 4.79 Å². The van der Waals surface area contributed by atoms with E-state index in [9.17, 15) is 14.4 Å². The van der Waals surface area contributed by atoms with E-state index < -0.39 is 5.60 Å². The summed E-state index contributed by atoms with van der Waals surface area (Å²) in [6, 6.07) is 9.37. The molecule has 1 N–H and O–H groups in total. The molecule has 0 saturated carbocycles. The minimum atomic E-state index is -0.529. The van der Waals surface area contributed by atoms with Crippen LogP contribution in [0.2, 0.25) is 5.02 Å². The Morgan fingerprint density at radius 2 is 1.77 bits per heavy atom. The second-order valence-corrected chi connectivity index (χ2v) is 12.9. The number of nitrogens with one attached hydrogen (secondary N) is 1. The molecule has 6 rings (SSSR count). The van der Waals surface area contributed by atoms with Gasteiger partial charge >= 0.3 is 11.8 Å². The van der Waals surface area contributed by atoms with Crippen LogP contribution in [0.3, 0.4) is 0 Å². The standard InChI is InChI=1S/C31H36ClN7O5/c1-31(2,3)44-30(42)38-11-6-19(7-12-38)20-15-21(17-22(32)16-20)28-36-35-25(43-28)18-26(40)37-13-8-23(9-14-37)39-24-5-4-10-33-27(24)34-29(39)41/h4-5,10,15-17,19,23H,6-9,11-14,18H2,1-3H3,(H,33,34,41). The second kappa shape index (κ2) is 12.1. The van der Waals surface area contributed by atoms with Crippen LogP contribution in [0.5, 0.6) is 0 Å². The fraction of sp³-hybridized carbons (Fsp3) is 0.484. The lowest BCUT2D eigenvalue weighted by molar-refractivity contribution is -0.132. The van der Waals surface area contributed by atoms with Crippen molar-refractivity contribution in [3.63, 3.8) is 0 Å². The summed E-state index contributed by atoms with van der Waals surface area (Å²) >= 11 is 6.49. The second-order valence-electron chi connectivity index (χ2n) is 12.5. The number of amides is 2. The van der Waals surface area contributed by atoms with E-state index in [1.54, 1.807) is 26.6 Å². The average Bonchev–Trinajstić information content (AvgIpc) is 3.59. The first-order chi connectivity index (χ1) is 21.0. The number of rotatable bonds is 5. The normalized spacial score (nSPS) is 16.9. The monoisotopic (exact) mass is 621 g/mol. The van der Waals surface area contributed by atoms with Crippen LogP contribution in [0.1, 0.15) is 69.9 Å². The summed E-state index contributed by atoms with van der Waals surface area (Å²) in [6.07, 6.45) is 4.23. The molecule has 3 aromatic heterocycles. The highest BCUT2D eigenvalue weighted by Crippen LogP contribution is 2.34. The molecule has 2 aliphatic heterocycles. The molecule has 44 heavy (non-hydrogen) atoms. The SMILES string of the molecule is CC(C)(C)OC(=O)N1CCC(c2cc(Cl)cc(-c3nnc(CC(=O)N4CCC(n5c(=O)[nH]c6ncccc65)CC4)o3)c2)CC1. The van der Waals surface area contributed by atoms with Crippen molar-refractivity contribution in [1.82, 2.24) is 34.5 Å². The molecule has 2 aliphatic rings. The number of hydrogen-bond acceptors (Lipinski definition) is 8. The summed E-state index contributed by atoms with van der Waals surface area (Å²) in [7, 11) is 0. The summed E-state index contributed by atoms with van der Waals surface area (Å²) in [4.78, 5) is 48.7. The molecule has 2 amide bonds. The van der Waals surface area contributed by atoms with Gasteiger partial charge in [0.1, 0.15) is 12.0 Å². The number of piperidine rings is 2. The number of ether oxygens (including phenoxy) is 1. The largest absolute Gasteiger partial charge is 0.444 e. The van der Waals surface area contributed by atoms with Crippen LogP contribution in [0, 0.1) is 0 Å². The highest BCUT2D eigenvalue weighted by atomic mass is 35.5. The van der Waals surface area contributed by atoms with Crippen molar-refractivity contribution < 1.29 is 18.7 Å². The zero-order chi connectivity index (χ0) is 31.0. The molecule has 0 unspecified atom stereocenters. The van der Waals surface area contributed by atoms with Gasteiger partial charge in [0.25, 0.3) is 0 Å². The van der Waals surface area contributed by atoms with Crippen molar-refractivity contribution in [3.05, 3.63) is 63.5 Å². The van der Waals surface area contributed by atoms with Gasteiger partial charge in [-0.05, 0) is 88.3 Å². The van der Waals surface area contributed by atoms with Gasteiger partial charge in [0.05, 0.1) is 5.52 Å². The van der Waals surface area contributed by atoms with Gasteiger partial charge in [-0.15, -0.1) is 10.2 Å².